The summed E-state index contributed by atoms with van der Waals surface area (Å²) in [6.07, 6.45) is 8.10. The minimum absolute atomic E-state index is 0.211. The summed E-state index contributed by atoms with van der Waals surface area (Å²) in [5, 5.41) is 3.87. The normalized spacial score (nSPS) is 21.9. The molecule has 0 unspecified atom stereocenters. The van der Waals surface area contributed by atoms with Gasteiger partial charge in [0.2, 0.25) is 5.91 Å². The molecule has 3 heterocycles. The fourth-order valence-corrected chi connectivity index (χ4v) is 4.48. The SMILES string of the molecule is CCN1CCC[C@H]1CNC(=O)CCC1CCN(c2ncccc2Cl)CC1. The molecule has 1 aromatic heterocycles. The number of hydrogen-bond acceptors (Lipinski definition) is 4. The van der Waals surface area contributed by atoms with Crippen molar-refractivity contribution in [2.45, 2.75) is 51.5 Å². The van der Waals surface area contributed by atoms with Gasteiger partial charge in [-0.2, -0.15) is 0 Å². The lowest BCUT2D eigenvalue weighted by Gasteiger charge is -2.33. The Morgan fingerprint density at radius 1 is 1.31 bits per heavy atom. The molecule has 2 fully saturated rings. The van der Waals surface area contributed by atoms with Gasteiger partial charge in [0.15, 0.2) is 0 Å². The number of nitrogens with one attached hydrogen (secondary N) is 1. The predicted octanol–water partition coefficient (Wildman–Crippen LogP) is 3.33. The Morgan fingerprint density at radius 3 is 2.85 bits per heavy atom. The van der Waals surface area contributed by atoms with Crippen molar-refractivity contribution in [3.8, 4) is 0 Å². The van der Waals surface area contributed by atoms with Crippen LogP contribution in [0.1, 0.15) is 45.4 Å². The first-order chi connectivity index (χ1) is 12.7. The number of hydrogen-bond donors (Lipinski definition) is 1. The van der Waals surface area contributed by atoms with Gasteiger partial charge in [-0.1, -0.05) is 18.5 Å². The zero-order chi connectivity index (χ0) is 18.4. The van der Waals surface area contributed by atoms with Crippen molar-refractivity contribution < 1.29 is 4.79 Å². The molecule has 5 nitrogen and oxygen atoms in total. The lowest BCUT2D eigenvalue weighted by Crippen LogP contribution is -2.40. The molecule has 0 spiro atoms. The highest BCUT2D eigenvalue weighted by atomic mass is 35.5. The van der Waals surface area contributed by atoms with Crippen LogP contribution in [0.2, 0.25) is 5.02 Å². The first-order valence-corrected chi connectivity index (χ1v) is 10.4. The Hall–Kier alpha value is -1.33. The van der Waals surface area contributed by atoms with Gasteiger partial charge in [0.1, 0.15) is 5.82 Å². The van der Waals surface area contributed by atoms with Gasteiger partial charge >= 0.3 is 0 Å². The zero-order valence-corrected chi connectivity index (χ0v) is 16.5. The molecule has 0 aromatic carbocycles. The number of halogens is 1. The number of pyridine rings is 1. The molecule has 0 radical (unpaired) electrons. The van der Waals surface area contributed by atoms with E-state index in [-0.39, 0.29) is 5.91 Å². The summed E-state index contributed by atoms with van der Waals surface area (Å²) >= 11 is 6.25. The van der Waals surface area contributed by atoms with E-state index in [0.717, 1.165) is 56.3 Å². The Kier molecular flexibility index (Phi) is 7.15. The molecule has 2 saturated heterocycles. The van der Waals surface area contributed by atoms with Gasteiger partial charge in [0.05, 0.1) is 5.02 Å². The predicted molar refractivity (Wildman–Crippen MR) is 107 cm³/mol. The zero-order valence-electron chi connectivity index (χ0n) is 15.8. The summed E-state index contributed by atoms with van der Waals surface area (Å²) in [5.74, 6) is 1.73. The second kappa shape index (κ2) is 9.56. The molecular weight excluding hydrogens is 348 g/mol. The lowest BCUT2D eigenvalue weighted by atomic mass is 9.92. The highest BCUT2D eigenvalue weighted by molar-refractivity contribution is 6.32. The van der Waals surface area contributed by atoms with Crippen molar-refractivity contribution in [2.75, 3.05) is 37.6 Å². The number of aromatic nitrogens is 1. The van der Waals surface area contributed by atoms with Crippen LogP contribution in [0.25, 0.3) is 0 Å². The molecule has 2 aliphatic rings. The van der Waals surface area contributed by atoms with Gasteiger partial charge in [-0.15, -0.1) is 0 Å². The van der Waals surface area contributed by atoms with Crippen LogP contribution in [0.5, 0.6) is 0 Å². The molecule has 0 saturated carbocycles. The van der Waals surface area contributed by atoms with Crippen molar-refractivity contribution in [1.29, 1.82) is 0 Å². The highest BCUT2D eigenvalue weighted by Crippen LogP contribution is 2.29. The largest absolute Gasteiger partial charge is 0.355 e. The summed E-state index contributed by atoms with van der Waals surface area (Å²) < 4.78 is 0. The van der Waals surface area contributed by atoms with Gasteiger partial charge in [-0.05, 0) is 63.2 Å². The van der Waals surface area contributed by atoms with Crippen LogP contribution < -0.4 is 10.2 Å². The van der Waals surface area contributed by atoms with Crippen LogP contribution in [-0.4, -0.2) is 54.6 Å². The number of rotatable bonds is 7. The number of anilines is 1. The van der Waals surface area contributed by atoms with Crippen LogP contribution in [0.3, 0.4) is 0 Å². The van der Waals surface area contributed by atoms with Crippen LogP contribution >= 0.6 is 11.6 Å². The van der Waals surface area contributed by atoms with Crippen molar-refractivity contribution in [3.63, 3.8) is 0 Å². The fraction of sp³-hybridized carbons (Fsp3) is 0.700. The molecular formula is C20H31ClN4O. The van der Waals surface area contributed by atoms with E-state index < -0.39 is 0 Å². The lowest BCUT2D eigenvalue weighted by molar-refractivity contribution is -0.121. The van der Waals surface area contributed by atoms with Gasteiger partial charge in [-0.3, -0.25) is 9.69 Å². The maximum absolute atomic E-state index is 12.2. The number of amides is 1. The Morgan fingerprint density at radius 2 is 2.12 bits per heavy atom. The maximum Gasteiger partial charge on any atom is 0.220 e. The van der Waals surface area contributed by atoms with Crippen molar-refractivity contribution >= 4 is 23.3 Å². The molecule has 2 aliphatic heterocycles. The average Bonchev–Trinajstić information content (AvgIpc) is 3.13. The molecule has 6 heteroatoms. The van der Waals surface area contributed by atoms with E-state index in [1.807, 2.05) is 12.1 Å². The first-order valence-electron chi connectivity index (χ1n) is 10.0. The third-order valence-corrected chi connectivity index (χ3v) is 6.17. The highest BCUT2D eigenvalue weighted by Gasteiger charge is 2.24. The van der Waals surface area contributed by atoms with E-state index in [9.17, 15) is 4.79 Å². The number of nitrogens with zero attached hydrogens (tertiary/aromatic N) is 3. The summed E-state index contributed by atoms with van der Waals surface area (Å²) in [7, 11) is 0. The number of carbonyl (C=O) groups is 1. The Bertz CT molecular complexity index is 589. The third-order valence-electron chi connectivity index (χ3n) is 5.87. The van der Waals surface area contributed by atoms with Crippen LogP contribution in [0, 0.1) is 5.92 Å². The average molecular weight is 379 g/mol. The molecule has 1 amide bonds. The molecule has 1 N–H and O–H groups in total. The smallest absolute Gasteiger partial charge is 0.220 e. The standard InChI is InChI=1S/C20H31ClN4O/c1-2-24-12-4-5-17(24)15-23-19(26)8-7-16-9-13-25(14-10-16)20-18(21)6-3-11-22-20/h3,6,11,16-17H,2,4-5,7-10,12-15H2,1H3,(H,23,26)/t17-/m0/s1. The second-order valence-corrected chi connectivity index (χ2v) is 7.91. The van der Waals surface area contributed by atoms with Gasteiger partial charge in [-0.25, -0.2) is 4.98 Å². The van der Waals surface area contributed by atoms with Crippen LogP contribution in [-0.2, 0) is 4.79 Å². The minimum Gasteiger partial charge on any atom is -0.355 e. The monoisotopic (exact) mass is 378 g/mol. The van der Waals surface area contributed by atoms with Crippen molar-refractivity contribution in [3.05, 3.63) is 23.4 Å². The molecule has 3 rings (SSSR count). The number of likely N-dealkylation sites (N-methyl/N-ethyl adjacent to an activating group) is 1. The number of carbonyl (C=O) groups excluding carboxylic acids is 1. The number of piperidine rings is 1. The van der Waals surface area contributed by atoms with E-state index in [1.54, 1.807) is 6.20 Å². The van der Waals surface area contributed by atoms with Crippen LogP contribution in [0.4, 0.5) is 5.82 Å². The van der Waals surface area contributed by atoms with E-state index in [0.29, 0.717) is 18.4 Å². The summed E-state index contributed by atoms with van der Waals surface area (Å²) in [4.78, 5) is 21.3. The minimum atomic E-state index is 0.211. The van der Waals surface area contributed by atoms with Gasteiger partial charge in [0, 0.05) is 38.3 Å². The number of likely N-dealkylation sites (tertiary alicyclic amines) is 1. The Balaban J connectivity index is 1.34. The molecule has 0 bridgehead atoms. The summed E-state index contributed by atoms with van der Waals surface area (Å²) in [6.45, 7) is 7.20. The van der Waals surface area contributed by atoms with Gasteiger partial charge < -0.3 is 10.2 Å². The van der Waals surface area contributed by atoms with Crippen molar-refractivity contribution in [1.82, 2.24) is 15.2 Å². The first kappa shape index (κ1) is 19.4. The molecule has 0 aliphatic carbocycles. The van der Waals surface area contributed by atoms with Crippen molar-refractivity contribution in [2.24, 2.45) is 5.92 Å². The van der Waals surface area contributed by atoms with E-state index in [1.165, 1.54) is 19.4 Å². The van der Waals surface area contributed by atoms with E-state index in [2.05, 4.69) is 27.0 Å². The molecule has 144 valence electrons. The third kappa shape index (κ3) is 5.10. The summed E-state index contributed by atoms with van der Waals surface area (Å²) in [6, 6.07) is 4.29. The van der Waals surface area contributed by atoms with E-state index in [4.69, 9.17) is 11.6 Å². The molecule has 1 aromatic rings. The quantitative estimate of drug-likeness (QED) is 0.790. The Labute approximate surface area is 162 Å². The van der Waals surface area contributed by atoms with Gasteiger partial charge in [0.25, 0.3) is 0 Å². The second-order valence-electron chi connectivity index (χ2n) is 7.51. The van der Waals surface area contributed by atoms with E-state index >= 15 is 0 Å². The maximum atomic E-state index is 12.2. The summed E-state index contributed by atoms with van der Waals surface area (Å²) in [5.41, 5.74) is 0. The topological polar surface area (TPSA) is 48.5 Å². The molecule has 1 atom stereocenters. The molecule has 26 heavy (non-hydrogen) atoms. The fourth-order valence-electron chi connectivity index (χ4n) is 4.24. The van der Waals surface area contributed by atoms with Crippen LogP contribution in [0.15, 0.2) is 18.3 Å².